The van der Waals surface area contributed by atoms with Crippen LogP contribution in [0.3, 0.4) is 0 Å². The molecule has 0 fully saturated rings. The van der Waals surface area contributed by atoms with Gasteiger partial charge in [0.25, 0.3) is 0 Å². The van der Waals surface area contributed by atoms with E-state index < -0.39 is 24.1 Å². The van der Waals surface area contributed by atoms with Gasteiger partial charge in [-0.25, -0.2) is 8.42 Å². The number of aryl methyl sites for hydroxylation is 1. The van der Waals surface area contributed by atoms with E-state index >= 15 is 0 Å². The Labute approximate surface area is 252 Å². The molecule has 40 heavy (non-hydrogen) atoms. The van der Waals surface area contributed by atoms with Gasteiger partial charge in [-0.2, -0.15) is 0 Å². The third-order valence-electron chi connectivity index (χ3n) is 6.70. The van der Waals surface area contributed by atoms with Crippen molar-refractivity contribution in [3.8, 4) is 16.9 Å². The van der Waals surface area contributed by atoms with Gasteiger partial charge >= 0.3 is 5.97 Å². The van der Waals surface area contributed by atoms with Gasteiger partial charge in [0.15, 0.2) is 0 Å². The van der Waals surface area contributed by atoms with Gasteiger partial charge in [0.1, 0.15) is 5.75 Å². The third-order valence-corrected chi connectivity index (χ3v) is 10.5. The molecule has 0 aliphatic carbocycles. The average Bonchev–Trinajstić information content (AvgIpc) is 2.85. The monoisotopic (exact) mass is 665 g/mol. The number of nitrogens with zero attached hydrogens (tertiary/aromatic N) is 1. The van der Waals surface area contributed by atoms with Crippen molar-refractivity contribution in [3.05, 3.63) is 80.3 Å². The van der Waals surface area contributed by atoms with Crippen LogP contribution in [-0.2, 0) is 32.5 Å². The number of hydrogen-bond donors (Lipinski definition) is 0. The fourth-order valence-electron chi connectivity index (χ4n) is 4.49. The van der Waals surface area contributed by atoms with E-state index in [1.165, 1.54) is 17.7 Å². The van der Waals surface area contributed by atoms with E-state index in [0.717, 1.165) is 32.8 Å². The molecular weight excluding hydrogens is 630 g/mol. The second-order valence-electron chi connectivity index (χ2n) is 11.1. The third kappa shape index (κ3) is 8.12. The summed E-state index contributed by atoms with van der Waals surface area (Å²) >= 11 is 9.91. The molecule has 0 spiro atoms. The smallest absolute Gasteiger partial charge is 0.310 e. The van der Waals surface area contributed by atoms with Crippen molar-refractivity contribution in [3.63, 3.8) is 0 Å². The SMILES string of the molecule is COC(=O)Cc1c(C)c(N(Cc2ccccc2Br)S(C)(=O)=O)cc(C)c1-c1ccc(Cl)cc1OCC[Si](C)(C)C. The van der Waals surface area contributed by atoms with Gasteiger partial charge in [-0.1, -0.05) is 65.4 Å². The van der Waals surface area contributed by atoms with Crippen LogP contribution in [0.2, 0.25) is 30.7 Å². The maximum atomic E-state index is 13.1. The molecule has 3 aromatic carbocycles. The summed E-state index contributed by atoms with van der Waals surface area (Å²) in [5, 5.41) is 0.545. The van der Waals surface area contributed by atoms with E-state index in [9.17, 15) is 13.2 Å². The first-order chi connectivity index (χ1) is 18.6. The molecule has 10 heteroatoms. The molecule has 6 nitrogen and oxygen atoms in total. The topological polar surface area (TPSA) is 72.9 Å². The van der Waals surface area contributed by atoms with Crippen LogP contribution >= 0.6 is 27.5 Å². The van der Waals surface area contributed by atoms with Crippen molar-refractivity contribution >= 4 is 57.3 Å². The number of carbonyl (C=O) groups excluding carboxylic acids is 1. The van der Waals surface area contributed by atoms with Crippen molar-refractivity contribution in [2.24, 2.45) is 0 Å². The van der Waals surface area contributed by atoms with Gasteiger partial charge in [-0.3, -0.25) is 9.10 Å². The van der Waals surface area contributed by atoms with Crippen LogP contribution in [0, 0.1) is 13.8 Å². The summed E-state index contributed by atoms with van der Waals surface area (Å²) in [5.74, 6) is 0.202. The van der Waals surface area contributed by atoms with Crippen LogP contribution in [0.25, 0.3) is 11.1 Å². The Morgan fingerprint density at radius 1 is 1.07 bits per heavy atom. The Morgan fingerprint density at radius 3 is 2.35 bits per heavy atom. The summed E-state index contributed by atoms with van der Waals surface area (Å²) < 4.78 is 39.8. The van der Waals surface area contributed by atoms with Gasteiger partial charge in [0.05, 0.1) is 38.6 Å². The lowest BCUT2D eigenvalue weighted by atomic mass is 9.88. The fourth-order valence-corrected chi connectivity index (χ4v) is 6.70. The molecule has 0 aliphatic rings. The maximum absolute atomic E-state index is 13.1. The normalized spacial score (nSPS) is 11.8. The van der Waals surface area contributed by atoms with E-state index in [-0.39, 0.29) is 13.0 Å². The van der Waals surface area contributed by atoms with Gasteiger partial charge in [-0.05, 0) is 78.0 Å². The number of halogens is 2. The fraction of sp³-hybridized carbons (Fsp3) is 0.367. The van der Waals surface area contributed by atoms with E-state index in [1.54, 1.807) is 12.1 Å². The number of hydrogen-bond acceptors (Lipinski definition) is 5. The van der Waals surface area contributed by atoms with E-state index in [0.29, 0.717) is 34.2 Å². The van der Waals surface area contributed by atoms with Crippen LogP contribution in [0.15, 0.2) is 53.0 Å². The minimum Gasteiger partial charge on any atom is -0.493 e. The Kier molecular flexibility index (Phi) is 10.5. The lowest BCUT2D eigenvalue weighted by Gasteiger charge is -2.28. The number of sulfonamides is 1. The molecule has 0 saturated heterocycles. The van der Waals surface area contributed by atoms with Crippen molar-refractivity contribution in [1.29, 1.82) is 0 Å². The summed E-state index contributed by atoms with van der Waals surface area (Å²) in [5.41, 5.74) is 5.08. The molecule has 0 atom stereocenters. The Hall–Kier alpha value is -2.33. The van der Waals surface area contributed by atoms with Crippen LogP contribution in [0.5, 0.6) is 5.75 Å². The lowest BCUT2D eigenvalue weighted by Crippen LogP contribution is -2.30. The number of carbonyl (C=O) groups is 1. The average molecular weight is 667 g/mol. The highest BCUT2D eigenvalue weighted by molar-refractivity contribution is 9.10. The summed E-state index contributed by atoms with van der Waals surface area (Å²) in [6, 6.07) is 15.8. The molecule has 0 radical (unpaired) electrons. The zero-order valence-corrected chi connectivity index (χ0v) is 28.3. The molecule has 0 amide bonds. The van der Waals surface area contributed by atoms with Crippen molar-refractivity contribution in [2.75, 3.05) is 24.3 Å². The molecule has 216 valence electrons. The van der Waals surface area contributed by atoms with Gasteiger partial charge < -0.3 is 9.47 Å². The molecule has 0 heterocycles. The first-order valence-electron chi connectivity index (χ1n) is 13.0. The molecule has 3 aromatic rings. The minimum atomic E-state index is -3.68. The number of benzene rings is 3. The predicted octanol–water partition coefficient (Wildman–Crippen LogP) is 7.79. The Bertz CT molecular complexity index is 1500. The van der Waals surface area contributed by atoms with Crippen molar-refractivity contribution < 1.29 is 22.7 Å². The van der Waals surface area contributed by atoms with Gasteiger partial charge in [-0.15, -0.1) is 0 Å². The predicted molar refractivity (Wildman–Crippen MR) is 171 cm³/mol. The Morgan fingerprint density at radius 2 is 1.75 bits per heavy atom. The molecule has 0 aliphatic heterocycles. The summed E-state index contributed by atoms with van der Waals surface area (Å²) in [7, 11) is -3.68. The highest BCUT2D eigenvalue weighted by Gasteiger charge is 2.27. The number of ether oxygens (including phenoxy) is 2. The van der Waals surface area contributed by atoms with E-state index in [4.69, 9.17) is 21.1 Å². The lowest BCUT2D eigenvalue weighted by molar-refractivity contribution is -0.139. The standard InChI is InChI=1S/C30H37BrClNO5SSi/c1-20-16-27(33(39(4,35)36)19-22-10-8-9-11-26(22)31)21(2)25(18-29(34)37-3)30(20)24-13-12-23(32)17-28(24)38-14-15-40(5,6)7/h8-13,16-17H,14-15,18-19H2,1-7H3. The van der Waals surface area contributed by atoms with Crippen LogP contribution in [0.4, 0.5) is 5.69 Å². The summed E-state index contributed by atoms with van der Waals surface area (Å²) in [6.45, 7) is 11.3. The highest BCUT2D eigenvalue weighted by Crippen LogP contribution is 2.42. The van der Waals surface area contributed by atoms with Crippen molar-refractivity contribution in [2.45, 2.75) is 52.5 Å². The first-order valence-corrected chi connectivity index (χ1v) is 19.7. The number of rotatable bonds is 11. The van der Waals surface area contributed by atoms with Crippen molar-refractivity contribution in [1.82, 2.24) is 0 Å². The summed E-state index contributed by atoms with van der Waals surface area (Å²) in [6.07, 6.45) is 1.16. The first kappa shape index (κ1) is 32.2. The van der Waals surface area contributed by atoms with Crippen LogP contribution in [-0.4, -0.2) is 42.4 Å². The van der Waals surface area contributed by atoms with Gasteiger partial charge in [0.2, 0.25) is 10.0 Å². The quantitative estimate of drug-likeness (QED) is 0.154. The molecule has 0 unspecified atom stereocenters. The van der Waals surface area contributed by atoms with Gasteiger partial charge in [0, 0.05) is 23.1 Å². The summed E-state index contributed by atoms with van der Waals surface area (Å²) in [4.78, 5) is 12.7. The van der Waals surface area contributed by atoms with E-state index in [2.05, 4.69) is 35.6 Å². The zero-order valence-electron chi connectivity index (χ0n) is 24.1. The molecular formula is C30H37BrClNO5SSi. The zero-order chi connectivity index (χ0) is 29.8. The largest absolute Gasteiger partial charge is 0.493 e. The highest BCUT2D eigenvalue weighted by atomic mass is 79.9. The molecule has 0 bridgehead atoms. The maximum Gasteiger partial charge on any atom is 0.310 e. The van der Waals surface area contributed by atoms with E-state index in [1.807, 2.05) is 50.2 Å². The Balaban J connectivity index is 2.24. The second-order valence-corrected chi connectivity index (χ2v) is 19.9. The molecule has 0 aromatic heterocycles. The van der Waals surface area contributed by atoms with Crippen LogP contribution in [0.1, 0.15) is 22.3 Å². The number of anilines is 1. The second kappa shape index (κ2) is 13.1. The minimum absolute atomic E-state index is 0.0318. The molecule has 0 saturated carbocycles. The molecule has 3 rings (SSSR count). The number of methoxy groups -OCH3 is 1. The number of esters is 1. The molecule has 0 N–H and O–H groups in total. The van der Waals surface area contributed by atoms with Crippen LogP contribution < -0.4 is 9.04 Å².